The number of amides is 1. The normalized spacial score (nSPS) is 18.4. The van der Waals surface area contributed by atoms with Crippen molar-refractivity contribution in [3.63, 3.8) is 0 Å². The number of ether oxygens (including phenoxy) is 1. The van der Waals surface area contributed by atoms with E-state index in [1.165, 1.54) is 16.6 Å². The van der Waals surface area contributed by atoms with Gasteiger partial charge in [0.05, 0.1) is 4.90 Å². The van der Waals surface area contributed by atoms with Gasteiger partial charge in [-0.1, -0.05) is 6.07 Å². The summed E-state index contributed by atoms with van der Waals surface area (Å²) in [6.45, 7) is 7.49. The average Bonchev–Trinajstić information content (AvgIpc) is 3.05. The van der Waals surface area contributed by atoms with Crippen molar-refractivity contribution in [3.8, 4) is 0 Å². The van der Waals surface area contributed by atoms with E-state index in [9.17, 15) is 18.0 Å². The summed E-state index contributed by atoms with van der Waals surface area (Å²) in [5.41, 5.74) is -0.276. The number of alkyl carbamates (subject to hydrolysis) is 1. The van der Waals surface area contributed by atoms with Crippen LogP contribution in [0.25, 0.3) is 10.8 Å². The minimum absolute atomic E-state index is 0.103. The summed E-state index contributed by atoms with van der Waals surface area (Å²) in [4.78, 5) is 26.8. The fraction of sp³-hybridized carbons (Fsp3) is 0.474. The minimum atomic E-state index is -3.82. The number of hydrogen-bond donors (Lipinski definition) is 2. The molecule has 0 aliphatic carbocycles. The largest absolute Gasteiger partial charge is 0.444 e. The third-order valence-electron chi connectivity index (χ3n) is 4.57. The van der Waals surface area contributed by atoms with Crippen LogP contribution >= 0.6 is 0 Å². The van der Waals surface area contributed by atoms with Gasteiger partial charge >= 0.3 is 6.09 Å². The Kier molecular flexibility index (Phi) is 5.24. The van der Waals surface area contributed by atoms with Crippen LogP contribution in [0, 0.1) is 6.92 Å². The molecule has 2 heterocycles. The number of fused-ring (bicyclic) bond motifs is 1. The standard InChI is InChI=1S/C19H25N3O5S/c1-12-10-20-17(23)14-6-5-7-15(16(12)14)28(25,26)22-9-8-13(11-22)21-18(24)27-19(2,3)4/h5-7,10,13H,8-9,11H2,1-4H3,(H,20,23)(H,21,24)/t13-/m0/s1. The van der Waals surface area contributed by atoms with Crippen LogP contribution in [0.4, 0.5) is 4.79 Å². The molecule has 9 heteroatoms. The van der Waals surface area contributed by atoms with Crippen LogP contribution in [0.3, 0.4) is 0 Å². The van der Waals surface area contributed by atoms with E-state index in [2.05, 4.69) is 10.3 Å². The predicted molar refractivity (Wildman–Crippen MR) is 106 cm³/mol. The van der Waals surface area contributed by atoms with Gasteiger partial charge in [-0.15, -0.1) is 0 Å². The lowest BCUT2D eigenvalue weighted by atomic mass is 10.1. The molecular formula is C19H25N3O5S. The molecule has 28 heavy (non-hydrogen) atoms. The summed E-state index contributed by atoms with van der Waals surface area (Å²) in [7, 11) is -3.82. The lowest BCUT2D eigenvalue weighted by Crippen LogP contribution is -2.41. The molecule has 1 aromatic carbocycles. The maximum atomic E-state index is 13.2. The molecule has 0 radical (unpaired) electrons. The molecule has 0 bridgehead atoms. The highest BCUT2D eigenvalue weighted by molar-refractivity contribution is 7.89. The van der Waals surface area contributed by atoms with E-state index in [-0.39, 0.29) is 29.6 Å². The summed E-state index contributed by atoms with van der Waals surface area (Å²) in [5, 5.41) is 3.49. The number of H-pyrrole nitrogens is 1. The second kappa shape index (κ2) is 7.21. The van der Waals surface area contributed by atoms with Gasteiger partial charge in [-0.05, 0) is 51.8 Å². The van der Waals surface area contributed by atoms with Gasteiger partial charge in [0.25, 0.3) is 5.56 Å². The second-order valence-corrected chi connectivity index (χ2v) is 9.88. The van der Waals surface area contributed by atoms with Gasteiger partial charge in [-0.25, -0.2) is 13.2 Å². The van der Waals surface area contributed by atoms with E-state index in [1.807, 2.05) is 0 Å². The molecule has 8 nitrogen and oxygen atoms in total. The van der Waals surface area contributed by atoms with E-state index in [0.29, 0.717) is 22.8 Å². The topological polar surface area (TPSA) is 109 Å². The van der Waals surface area contributed by atoms with E-state index >= 15 is 0 Å². The van der Waals surface area contributed by atoms with E-state index in [0.717, 1.165) is 0 Å². The van der Waals surface area contributed by atoms with Crippen molar-refractivity contribution in [1.82, 2.24) is 14.6 Å². The Morgan fingerprint density at radius 2 is 2.04 bits per heavy atom. The van der Waals surface area contributed by atoms with Gasteiger partial charge in [0.15, 0.2) is 0 Å². The van der Waals surface area contributed by atoms with Gasteiger partial charge in [0.2, 0.25) is 10.0 Å². The monoisotopic (exact) mass is 407 g/mol. The maximum absolute atomic E-state index is 13.2. The Balaban J connectivity index is 1.86. The van der Waals surface area contributed by atoms with Gasteiger partial charge in [0.1, 0.15) is 5.60 Å². The highest BCUT2D eigenvalue weighted by atomic mass is 32.2. The number of aryl methyl sites for hydroxylation is 1. The fourth-order valence-electron chi connectivity index (χ4n) is 3.34. The minimum Gasteiger partial charge on any atom is -0.444 e. The predicted octanol–water partition coefficient (Wildman–Crippen LogP) is 2.12. The number of aromatic amines is 1. The number of hydrogen-bond acceptors (Lipinski definition) is 5. The van der Waals surface area contributed by atoms with Crippen molar-refractivity contribution in [3.05, 3.63) is 40.3 Å². The summed E-state index contributed by atoms with van der Waals surface area (Å²) in [6.07, 6.45) is 1.44. The van der Waals surface area contributed by atoms with Gasteiger partial charge < -0.3 is 15.0 Å². The Bertz CT molecular complexity index is 1070. The summed E-state index contributed by atoms with van der Waals surface area (Å²) >= 11 is 0. The summed E-state index contributed by atoms with van der Waals surface area (Å²) in [5.74, 6) is 0. The molecule has 1 aromatic heterocycles. The fourth-order valence-corrected chi connectivity index (χ4v) is 5.12. The lowest BCUT2D eigenvalue weighted by Gasteiger charge is -2.22. The third-order valence-corrected chi connectivity index (χ3v) is 6.48. The van der Waals surface area contributed by atoms with Gasteiger partial charge in [-0.3, -0.25) is 4.79 Å². The van der Waals surface area contributed by atoms with Crippen molar-refractivity contribution in [2.45, 2.75) is 50.7 Å². The Hall–Kier alpha value is -2.39. The molecule has 1 aliphatic heterocycles. The van der Waals surface area contributed by atoms with Gasteiger partial charge in [0, 0.05) is 36.1 Å². The van der Waals surface area contributed by atoms with Crippen LogP contribution in [0.2, 0.25) is 0 Å². The van der Waals surface area contributed by atoms with Crippen molar-refractivity contribution in [2.24, 2.45) is 0 Å². The van der Waals surface area contributed by atoms with Crippen LogP contribution in [-0.4, -0.2) is 48.5 Å². The van der Waals surface area contributed by atoms with Crippen LogP contribution < -0.4 is 10.9 Å². The Morgan fingerprint density at radius 3 is 2.71 bits per heavy atom. The summed E-state index contributed by atoms with van der Waals surface area (Å²) in [6, 6.07) is 4.36. The first-order valence-electron chi connectivity index (χ1n) is 9.10. The Morgan fingerprint density at radius 1 is 1.32 bits per heavy atom. The molecule has 1 atom stereocenters. The molecule has 0 saturated carbocycles. The molecule has 1 saturated heterocycles. The average molecular weight is 407 g/mol. The first-order chi connectivity index (χ1) is 13.0. The number of nitrogens with zero attached hydrogens (tertiary/aromatic N) is 1. The number of nitrogens with one attached hydrogen (secondary N) is 2. The van der Waals surface area contributed by atoms with Crippen LogP contribution in [0.15, 0.2) is 34.1 Å². The Labute approximate surface area is 163 Å². The number of pyridine rings is 1. The first kappa shape index (κ1) is 20.3. The third kappa shape index (κ3) is 4.05. The molecule has 3 rings (SSSR count). The number of sulfonamides is 1. The van der Waals surface area contributed by atoms with Crippen LogP contribution in [0.1, 0.15) is 32.8 Å². The quantitative estimate of drug-likeness (QED) is 0.810. The molecule has 0 unspecified atom stereocenters. The number of carbonyl (C=O) groups excluding carboxylic acids is 1. The van der Waals surface area contributed by atoms with E-state index in [1.54, 1.807) is 39.8 Å². The van der Waals surface area contributed by atoms with Crippen molar-refractivity contribution in [2.75, 3.05) is 13.1 Å². The summed E-state index contributed by atoms with van der Waals surface area (Å²) < 4.78 is 33.1. The highest BCUT2D eigenvalue weighted by Gasteiger charge is 2.35. The smallest absolute Gasteiger partial charge is 0.407 e. The SMILES string of the molecule is Cc1c[nH]c(=O)c2cccc(S(=O)(=O)N3CC[C@H](NC(=O)OC(C)(C)C)C3)c12. The second-order valence-electron chi connectivity index (χ2n) is 7.97. The van der Waals surface area contributed by atoms with Crippen molar-refractivity contribution < 1.29 is 17.9 Å². The molecular weight excluding hydrogens is 382 g/mol. The van der Waals surface area contributed by atoms with Crippen LogP contribution in [0.5, 0.6) is 0 Å². The molecule has 1 amide bonds. The number of carbonyl (C=O) groups is 1. The van der Waals surface area contributed by atoms with Crippen LogP contribution in [-0.2, 0) is 14.8 Å². The molecule has 152 valence electrons. The molecule has 0 spiro atoms. The first-order valence-corrected chi connectivity index (χ1v) is 10.5. The van der Waals surface area contributed by atoms with Crippen molar-refractivity contribution >= 4 is 26.9 Å². The molecule has 2 N–H and O–H groups in total. The zero-order valence-electron chi connectivity index (χ0n) is 16.4. The molecule has 2 aromatic rings. The number of aromatic nitrogens is 1. The molecule has 1 aliphatic rings. The zero-order valence-corrected chi connectivity index (χ0v) is 17.2. The highest BCUT2D eigenvalue weighted by Crippen LogP contribution is 2.28. The maximum Gasteiger partial charge on any atom is 0.407 e. The molecule has 1 fully saturated rings. The van der Waals surface area contributed by atoms with E-state index < -0.39 is 21.7 Å². The zero-order chi connectivity index (χ0) is 20.7. The number of rotatable bonds is 3. The number of benzene rings is 1. The van der Waals surface area contributed by atoms with Crippen molar-refractivity contribution in [1.29, 1.82) is 0 Å². The lowest BCUT2D eigenvalue weighted by molar-refractivity contribution is 0.0507. The van der Waals surface area contributed by atoms with E-state index in [4.69, 9.17) is 4.74 Å². The van der Waals surface area contributed by atoms with Gasteiger partial charge in [-0.2, -0.15) is 4.31 Å².